The highest BCUT2D eigenvalue weighted by molar-refractivity contribution is 5.81. The lowest BCUT2D eigenvalue weighted by Gasteiger charge is -2.39. The lowest BCUT2D eigenvalue weighted by molar-refractivity contribution is -0.139. The number of amides is 1. The number of nitrogens with one attached hydrogen (secondary N) is 1. The Morgan fingerprint density at radius 3 is 2.37 bits per heavy atom. The first-order chi connectivity index (χ1) is 8.70. The Morgan fingerprint density at radius 1 is 1.37 bits per heavy atom. The van der Waals surface area contributed by atoms with Gasteiger partial charge in [0, 0.05) is 25.7 Å². The number of carboxylic acid groups (broad SMARTS) is 1. The molecule has 0 spiro atoms. The monoisotopic (exact) mass is 274 g/mol. The lowest BCUT2D eigenvalue weighted by Crippen LogP contribution is -2.54. The van der Waals surface area contributed by atoms with Crippen molar-refractivity contribution in [1.29, 1.82) is 0 Å². The van der Waals surface area contributed by atoms with Gasteiger partial charge in [0.25, 0.3) is 0 Å². The van der Waals surface area contributed by atoms with Gasteiger partial charge in [-0.2, -0.15) is 0 Å². The quantitative estimate of drug-likeness (QED) is 0.637. The van der Waals surface area contributed by atoms with E-state index in [0.717, 1.165) is 0 Å². The second-order valence-corrected chi connectivity index (χ2v) is 5.47. The smallest absolute Gasteiger partial charge is 0.304 e. The topological polar surface area (TPSA) is 78.9 Å². The van der Waals surface area contributed by atoms with Gasteiger partial charge in [0.05, 0.1) is 19.1 Å². The van der Waals surface area contributed by atoms with E-state index in [4.69, 9.17) is 9.84 Å². The maximum Gasteiger partial charge on any atom is 0.304 e. The molecule has 1 atom stereocenters. The Labute approximate surface area is 115 Å². The highest BCUT2D eigenvalue weighted by Crippen LogP contribution is 2.17. The predicted molar refractivity (Wildman–Crippen MR) is 73.1 cm³/mol. The fraction of sp³-hybridized carbons (Fsp3) is 0.846. The van der Waals surface area contributed by atoms with Crippen LogP contribution in [0.5, 0.6) is 0 Å². The van der Waals surface area contributed by atoms with Crippen LogP contribution in [-0.2, 0) is 14.3 Å². The van der Waals surface area contributed by atoms with Gasteiger partial charge in [-0.3, -0.25) is 14.5 Å². The summed E-state index contributed by atoms with van der Waals surface area (Å²) in [5.74, 6) is -0.974. The van der Waals surface area contributed by atoms with Crippen LogP contribution in [0, 0.1) is 0 Å². The minimum Gasteiger partial charge on any atom is -0.481 e. The SMILES string of the molecule is COCCNC(=O)C(C)N(CCC(=O)O)C(C)(C)C. The van der Waals surface area contributed by atoms with Crippen molar-refractivity contribution in [2.45, 2.75) is 45.7 Å². The van der Waals surface area contributed by atoms with Gasteiger partial charge in [0.15, 0.2) is 0 Å². The largest absolute Gasteiger partial charge is 0.481 e. The van der Waals surface area contributed by atoms with Crippen LogP contribution in [0.15, 0.2) is 0 Å². The third-order valence-corrected chi connectivity index (χ3v) is 2.88. The Bertz CT molecular complexity index is 300. The zero-order valence-electron chi connectivity index (χ0n) is 12.5. The number of hydrogen-bond donors (Lipinski definition) is 2. The summed E-state index contributed by atoms with van der Waals surface area (Å²) in [5, 5.41) is 11.5. The molecule has 19 heavy (non-hydrogen) atoms. The molecule has 2 N–H and O–H groups in total. The molecule has 6 heteroatoms. The fourth-order valence-corrected chi connectivity index (χ4v) is 1.89. The van der Waals surface area contributed by atoms with E-state index in [1.54, 1.807) is 14.0 Å². The van der Waals surface area contributed by atoms with E-state index in [9.17, 15) is 9.59 Å². The van der Waals surface area contributed by atoms with Gasteiger partial charge in [-0.05, 0) is 27.7 Å². The molecule has 0 aliphatic heterocycles. The molecular formula is C13H26N2O4. The molecular weight excluding hydrogens is 248 g/mol. The van der Waals surface area contributed by atoms with Gasteiger partial charge in [-0.25, -0.2) is 0 Å². The number of rotatable bonds is 8. The van der Waals surface area contributed by atoms with Crippen molar-refractivity contribution in [3.63, 3.8) is 0 Å². The van der Waals surface area contributed by atoms with Crippen LogP contribution >= 0.6 is 0 Å². The van der Waals surface area contributed by atoms with E-state index >= 15 is 0 Å². The fourth-order valence-electron chi connectivity index (χ4n) is 1.89. The Kier molecular flexibility index (Phi) is 7.63. The van der Waals surface area contributed by atoms with Crippen molar-refractivity contribution in [3.05, 3.63) is 0 Å². The average Bonchev–Trinajstić information content (AvgIpc) is 2.26. The summed E-state index contributed by atoms with van der Waals surface area (Å²) < 4.78 is 4.87. The van der Waals surface area contributed by atoms with Crippen molar-refractivity contribution >= 4 is 11.9 Å². The summed E-state index contributed by atoms with van der Waals surface area (Å²) in [5.41, 5.74) is -0.270. The van der Waals surface area contributed by atoms with E-state index in [-0.39, 0.29) is 23.9 Å². The molecule has 112 valence electrons. The summed E-state index contributed by atoms with van der Waals surface area (Å²) in [6.07, 6.45) is 0.0208. The van der Waals surface area contributed by atoms with E-state index in [1.807, 2.05) is 25.7 Å². The maximum absolute atomic E-state index is 12.0. The zero-order chi connectivity index (χ0) is 15.1. The highest BCUT2D eigenvalue weighted by Gasteiger charge is 2.30. The molecule has 0 aromatic rings. The van der Waals surface area contributed by atoms with Crippen molar-refractivity contribution in [2.24, 2.45) is 0 Å². The molecule has 0 aromatic carbocycles. The third kappa shape index (κ3) is 7.12. The molecule has 0 radical (unpaired) electrons. The molecule has 0 rings (SSSR count). The standard InChI is InChI=1S/C13H26N2O4/c1-10(12(18)14-7-9-19-5)15(13(2,3)4)8-6-11(16)17/h10H,6-9H2,1-5H3,(H,14,18)(H,16,17). The highest BCUT2D eigenvalue weighted by atomic mass is 16.5. The van der Waals surface area contributed by atoms with Gasteiger partial charge in [0.1, 0.15) is 0 Å². The molecule has 0 aliphatic rings. The molecule has 0 bridgehead atoms. The normalized spacial score (nSPS) is 13.4. The van der Waals surface area contributed by atoms with Crippen molar-refractivity contribution in [1.82, 2.24) is 10.2 Å². The molecule has 0 fully saturated rings. The van der Waals surface area contributed by atoms with Crippen LogP contribution in [0.4, 0.5) is 0 Å². The molecule has 0 saturated carbocycles. The predicted octanol–water partition coefficient (Wildman–Crippen LogP) is 0.713. The van der Waals surface area contributed by atoms with Gasteiger partial charge in [-0.1, -0.05) is 0 Å². The van der Waals surface area contributed by atoms with E-state index in [1.165, 1.54) is 0 Å². The van der Waals surface area contributed by atoms with Crippen LogP contribution in [0.2, 0.25) is 0 Å². The van der Waals surface area contributed by atoms with Crippen LogP contribution < -0.4 is 5.32 Å². The van der Waals surface area contributed by atoms with E-state index in [0.29, 0.717) is 19.7 Å². The first-order valence-electron chi connectivity index (χ1n) is 6.45. The van der Waals surface area contributed by atoms with E-state index < -0.39 is 5.97 Å². The van der Waals surface area contributed by atoms with Crippen molar-refractivity contribution in [2.75, 3.05) is 26.8 Å². The van der Waals surface area contributed by atoms with Gasteiger partial charge in [-0.15, -0.1) is 0 Å². The van der Waals surface area contributed by atoms with Gasteiger partial charge >= 0.3 is 5.97 Å². The van der Waals surface area contributed by atoms with Gasteiger partial charge < -0.3 is 15.2 Å². The minimum absolute atomic E-state index is 0.0208. The van der Waals surface area contributed by atoms with E-state index in [2.05, 4.69) is 5.32 Å². The molecule has 0 aliphatic carbocycles. The number of nitrogens with zero attached hydrogens (tertiary/aromatic N) is 1. The maximum atomic E-state index is 12.0. The summed E-state index contributed by atoms with van der Waals surface area (Å²) >= 11 is 0. The molecule has 1 unspecified atom stereocenters. The minimum atomic E-state index is -0.860. The second-order valence-electron chi connectivity index (χ2n) is 5.47. The molecule has 0 saturated heterocycles. The van der Waals surface area contributed by atoms with Crippen LogP contribution in [0.3, 0.4) is 0 Å². The first kappa shape index (κ1) is 17.9. The number of carbonyl (C=O) groups excluding carboxylic acids is 1. The molecule has 0 heterocycles. The first-order valence-corrected chi connectivity index (χ1v) is 6.45. The molecule has 6 nitrogen and oxygen atoms in total. The zero-order valence-corrected chi connectivity index (χ0v) is 12.5. The van der Waals surface area contributed by atoms with Crippen molar-refractivity contribution < 1.29 is 19.4 Å². The van der Waals surface area contributed by atoms with Crippen LogP contribution in [-0.4, -0.2) is 60.3 Å². The third-order valence-electron chi connectivity index (χ3n) is 2.88. The van der Waals surface area contributed by atoms with Crippen LogP contribution in [0.1, 0.15) is 34.1 Å². The summed E-state index contributed by atoms with van der Waals surface area (Å²) in [6, 6.07) is -0.379. The number of aliphatic carboxylic acids is 1. The number of methoxy groups -OCH3 is 1. The summed E-state index contributed by atoms with van der Waals surface area (Å²) in [6.45, 7) is 8.95. The molecule has 1 amide bonds. The van der Waals surface area contributed by atoms with Crippen molar-refractivity contribution in [3.8, 4) is 0 Å². The number of carbonyl (C=O) groups is 2. The number of hydrogen-bond acceptors (Lipinski definition) is 4. The van der Waals surface area contributed by atoms with Crippen LogP contribution in [0.25, 0.3) is 0 Å². The lowest BCUT2D eigenvalue weighted by atomic mass is 10.0. The number of ether oxygens (including phenoxy) is 1. The van der Waals surface area contributed by atoms with Gasteiger partial charge in [0.2, 0.25) is 5.91 Å². The second kappa shape index (κ2) is 8.12. The Morgan fingerprint density at radius 2 is 1.95 bits per heavy atom. The number of carboxylic acids is 1. The summed E-state index contributed by atoms with van der Waals surface area (Å²) in [4.78, 5) is 24.6. The summed E-state index contributed by atoms with van der Waals surface area (Å²) in [7, 11) is 1.57. The average molecular weight is 274 g/mol. The Hall–Kier alpha value is -1.14. The Balaban J connectivity index is 4.57. The molecule has 0 aromatic heterocycles.